The number of benzene rings is 2. The normalized spacial score (nSPS) is 15.5. The molecule has 2 aromatic carbocycles. The van der Waals surface area contributed by atoms with Crippen LogP contribution >= 0.6 is 15.9 Å². The third-order valence-corrected chi connectivity index (χ3v) is 3.60. The number of halogens is 1. The van der Waals surface area contributed by atoms with E-state index in [0.717, 1.165) is 26.9 Å². The van der Waals surface area contributed by atoms with Crippen LogP contribution in [0.2, 0.25) is 0 Å². The molecule has 0 aliphatic carbocycles. The highest BCUT2D eigenvalue weighted by Gasteiger charge is 2.26. The average molecular weight is 342 g/mol. The number of amides is 1. The molecule has 0 radical (unpaired) electrons. The van der Waals surface area contributed by atoms with Crippen molar-refractivity contribution in [1.29, 1.82) is 0 Å². The van der Waals surface area contributed by atoms with Crippen LogP contribution in [0.15, 0.2) is 57.1 Å². The molecule has 1 amide bonds. The third kappa shape index (κ3) is 2.92. The molecule has 3 rings (SSSR count). The SMILES string of the molecule is Cc1cccc(/C=N/N=C2\C(=O)Nc3ccc(Br)cc32)c1. The minimum Gasteiger partial charge on any atom is -0.320 e. The highest BCUT2D eigenvalue weighted by atomic mass is 79.9. The van der Waals surface area contributed by atoms with Gasteiger partial charge in [0.1, 0.15) is 0 Å². The standard InChI is InChI=1S/C16H12BrN3O/c1-10-3-2-4-11(7-10)9-18-20-15-13-8-12(17)5-6-14(13)19-16(15)21/h2-9H,1H3,(H,19,20,21)/b18-9+. The van der Waals surface area contributed by atoms with Gasteiger partial charge in [-0.25, -0.2) is 0 Å². The Balaban J connectivity index is 1.91. The molecular formula is C16H12BrN3O. The smallest absolute Gasteiger partial charge is 0.276 e. The summed E-state index contributed by atoms with van der Waals surface area (Å²) in [6, 6.07) is 13.5. The highest BCUT2D eigenvalue weighted by molar-refractivity contribution is 9.10. The minimum atomic E-state index is -0.232. The van der Waals surface area contributed by atoms with Gasteiger partial charge in [-0.2, -0.15) is 5.10 Å². The van der Waals surface area contributed by atoms with Gasteiger partial charge in [-0.1, -0.05) is 45.8 Å². The van der Waals surface area contributed by atoms with E-state index in [1.54, 1.807) is 6.21 Å². The van der Waals surface area contributed by atoms with Crippen LogP contribution in [0.4, 0.5) is 5.69 Å². The molecule has 4 nitrogen and oxygen atoms in total. The monoisotopic (exact) mass is 341 g/mol. The molecule has 0 atom stereocenters. The number of hydrogen-bond acceptors (Lipinski definition) is 3. The minimum absolute atomic E-state index is 0.232. The lowest BCUT2D eigenvalue weighted by atomic mass is 10.1. The van der Waals surface area contributed by atoms with Crippen LogP contribution in [-0.4, -0.2) is 17.8 Å². The lowest BCUT2D eigenvalue weighted by molar-refractivity contribution is -0.110. The molecule has 5 heteroatoms. The lowest BCUT2D eigenvalue weighted by Crippen LogP contribution is -2.13. The summed E-state index contributed by atoms with van der Waals surface area (Å²) in [7, 11) is 0. The van der Waals surface area contributed by atoms with E-state index in [1.807, 2.05) is 49.4 Å². The number of carbonyl (C=O) groups is 1. The Morgan fingerprint density at radius 2 is 2.05 bits per heavy atom. The van der Waals surface area contributed by atoms with E-state index in [0.29, 0.717) is 5.71 Å². The fourth-order valence-corrected chi connectivity index (χ4v) is 2.49. The van der Waals surface area contributed by atoms with E-state index in [2.05, 4.69) is 31.4 Å². The van der Waals surface area contributed by atoms with Gasteiger partial charge in [0, 0.05) is 10.0 Å². The summed E-state index contributed by atoms with van der Waals surface area (Å²) in [4.78, 5) is 11.9. The number of carbonyl (C=O) groups excluding carboxylic acids is 1. The van der Waals surface area contributed by atoms with Crippen LogP contribution in [0.25, 0.3) is 0 Å². The Labute approximate surface area is 130 Å². The Kier molecular flexibility index (Phi) is 3.66. The van der Waals surface area contributed by atoms with Crippen molar-refractivity contribution in [2.24, 2.45) is 10.2 Å². The zero-order valence-corrected chi connectivity index (χ0v) is 12.9. The summed E-state index contributed by atoms with van der Waals surface area (Å²) in [6.45, 7) is 2.02. The number of nitrogens with zero attached hydrogens (tertiary/aromatic N) is 2. The van der Waals surface area contributed by atoms with E-state index >= 15 is 0 Å². The largest absolute Gasteiger partial charge is 0.320 e. The molecule has 0 saturated heterocycles. The van der Waals surface area contributed by atoms with Crippen LogP contribution in [0.5, 0.6) is 0 Å². The summed E-state index contributed by atoms with van der Waals surface area (Å²) >= 11 is 3.39. The van der Waals surface area contributed by atoms with Gasteiger partial charge >= 0.3 is 0 Å². The van der Waals surface area contributed by atoms with Gasteiger partial charge in [-0.3, -0.25) is 4.79 Å². The molecule has 0 saturated carbocycles. The summed E-state index contributed by atoms with van der Waals surface area (Å²) in [6.07, 6.45) is 1.64. The Hall–Kier alpha value is -2.27. The van der Waals surface area contributed by atoms with Crippen LogP contribution in [-0.2, 0) is 4.79 Å². The second-order valence-electron chi connectivity index (χ2n) is 4.75. The molecule has 0 spiro atoms. The van der Waals surface area contributed by atoms with E-state index in [1.165, 1.54) is 0 Å². The molecule has 2 aromatic rings. The zero-order chi connectivity index (χ0) is 14.8. The molecule has 0 fully saturated rings. The number of nitrogens with one attached hydrogen (secondary N) is 1. The third-order valence-electron chi connectivity index (χ3n) is 3.11. The first-order chi connectivity index (χ1) is 10.1. The van der Waals surface area contributed by atoms with Gasteiger partial charge in [0.2, 0.25) is 0 Å². The maximum Gasteiger partial charge on any atom is 0.276 e. The van der Waals surface area contributed by atoms with Crippen molar-refractivity contribution >= 4 is 39.5 Å². The van der Waals surface area contributed by atoms with Gasteiger partial charge in [0.05, 0.1) is 11.9 Å². The van der Waals surface area contributed by atoms with Crippen LogP contribution < -0.4 is 5.32 Å². The summed E-state index contributed by atoms with van der Waals surface area (Å²) in [5, 5.41) is 10.9. The summed E-state index contributed by atoms with van der Waals surface area (Å²) < 4.78 is 0.896. The lowest BCUT2D eigenvalue weighted by Gasteiger charge is -1.97. The van der Waals surface area contributed by atoms with Crippen LogP contribution in [0.3, 0.4) is 0 Å². The van der Waals surface area contributed by atoms with E-state index in [-0.39, 0.29) is 5.91 Å². The van der Waals surface area contributed by atoms with Crippen LogP contribution in [0, 0.1) is 6.92 Å². The topological polar surface area (TPSA) is 53.8 Å². The molecule has 1 N–H and O–H groups in total. The van der Waals surface area contributed by atoms with Crippen molar-refractivity contribution < 1.29 is 4.79 Å². The van der Waals surface area contributed by atoms with Gasteiger partial charge in [0.25, 0.3) is 5.91 Å². The predicted octanol–water partition coefficient (Wildman–Crippen LogP) is 3.53. The molecule has 104 valence electrons. The van der Waals surface area contributed by atoms with Crippen molar-refractivity contribution in [1.82, 2.24) is 0 Å². The molecule has 1 aliphatic heterocycles. The van der Waals surface area contributed by atoms with Crippen molar-refractivity contribution in [3.05, 3.63) is 63.6 Å². The molecule has 21 heavy (non-hydrogen) atoms. The second kappa shape index (κ2) is 5.61. The summed E-state index contributed by atoms with van der Waals surface area (Å²) in [5.41, 5.74) is 3.95. The van der Waals surface area contributed by atoms with Gasteiger partial charge in [-0.15, -0.1) is 5.10 Å². The fourth-order valence-electron chi connectivity index (χ4n) is 2.13. The first-order valence-electron chi connectivity index (χ1n) is 6.42. The van der Waals surface area contributed by atoms with E-state index in [9.17, 15) is 4.79 Å². The Morgan fingerprint density at radius 1 is 1.19 bits per heavy atom. The molecular weight excluding hydrogens is 330 g/mol. The fraction of sp³-hybridized carbons (Fsp3) is 0.0625. The summed E-state index contributed by atoms with van der Waals surface area (Å²) in [5.74, 6) is -0.232. The molecule has 0 unspecified atom stereocenters. The number of hydrogen-bond donors (Lipinski definition) is 1. The maximum absolute atomic E-state index is 11.9. The van der Waals surface area contributed by atoms with Crippen molar-refractivity contribution in [3.63, 3.8) is 0 Å². The van der Waals surface area contributed by atoms with E-state index in [4.69, 9.17) is 0 Å². The number of anilines is 1. The number of rotatable bonds is 2. The van der Waals surface area contributed by atoms with Gasteiger partial charge < -0.3 is 5.32 Å². The Bertz CT molecular complexity index is 781. The molecule has 0 bridgehead atoms. The number of aryl methyl sites for hydroxylation is 1. The first kappa shape index (κ1) is 13.7. The van der Waals surface area contributed by atoms with Crippen molar-refractivity contribution in [2.45, 2.75) is 6.92 Å². The second-order valence-corrected chi connectivity index (χ2v) is 5.67. The maximum atomic E-state index is 11.9. The van der Waals surface area contributed by atoms with E-state index < -0.39 is 0 Å². The van der Waals surface area contributed by atoms with Gasteiger partial charge in [-0.05, 0) is 30.7 Å². The quantitative estimate of drug-likeness (QED) is 0.659. The predicted molar refractivity (Wildman–Crippen MR) is 88.1 cm³/mol. The molecule has 0 aromatic heterocycles. The molecule has 1 aliphatic rings. The zero-order valence-electron chi connectivity index (χ0n) is 11.3. The van der Waals surface area contributed by atoms with Crippen LogP contribution in [0.1, 0.15) is 16.7 Å². The van der Waals surface area contributed by atoms with Gasteiger partial charge in [0.15, 0.2) is 5.71 Å². The number of fused-ring (bicyclic) bond motifs is 1. The Morgan fingerprint density at radius 3 is 2.86 bits per heavy atom. The van der Waals surface area contributed by atoms with Crippen molar-refractivity contribution in [3.8, 4) is 0 Å². The molecule has 1 heterocycles. The van der Waals surface area contributed by atoms with Crippen molar-refractivity contribution in [2.75, 3.05) is 5.32 Å². The first-order valence-corrected chi connectivity index (χ1v) is 7.22. The highest BCUT2D eigenvalue weighted by Crippen LogP contribution is 2.26. The average Bonchev–Trinajstić information content (AvgIpc) is 2.75.